The van der Waals surface area contributed by atoms with Crippen molar-refractivity contribution in [2.45, 2.75) is 38.4 Å². The monoisotopic (exact) mass is 450 g/mol. The lowest BCUT2D eigenvalue weighted by molar-refractivity contribution is -0.131. The number of benzene rings is 2. The Morgan fingerprint density at radius 1 is 1.22 bits per heavy atom. The van der Waals surface area contributed by atoms with Crippen LogP contribution in [-0.2, 0) is 17.8 Å². The fourth-order valence-electron chi connectivity index (χ4n) is 3.68. The summed E-state index contributed by atoms with van der Waals surface area (Å²) in [5.74, 6) is -0.587. The van der Waals surface area contributed by atoms with Gasteiger partial charge in [0.15, 0.2) is 0 Å². The molecule has 0 atom stereocenters. The number of H-pyrrole nitrogens is 1. The van der Waals surface area contributed by atoms with Crippen LogP contribution in [0.1, 0.15) is 36.0 Å². The molecule has 0 fully saturated rings. The number of aliphatic carboxylic acids is 1. The van der Waals surface area contributed by atoms with E-state index in [0.717, 1.165) is 52.6 Å². The minimum absolute atomic E-state index is 0.115. The number of carboxylic acid groups (broad SMARTS) is 1. The van der Waals surface area contributed by atoms with Crippen LogP contribution in [0.4, 0.5) is 4.39 Å². The Hall–Kier alpha value is -3.39. The van der Waals surface area contributed by atoms with Crippen molar-refractivity contribution in [3.63, 3.8) is 0 Å². The molecule has 2 aromatic carbocycles. The molecule has 0 aliphatic heterocycles. The first-order chi connectivity index (χ1) is 15.5. The van der Waals surface area contributed by atoms with E-state index in [0.29, 0.717) is 17.3 Å². The molecule has 4 aromatic rings. The fourth-order valence-corrected chi connectivity index (χ4v) is 4.38. The van der Waals surface area contributed by atoms with Crippen molar-refractivity contribution >= 4 is 34.7 Å². The Labute approximate surface area is 189 Å². The van der Waals surface area contributed by atoms with Crippen molar-refractivity contribution in [3.05, 3.63) is 81.9 Å². The molecule has 32 heavy (non-hydrogen) atoms. The number of halogens is 1. The summed E-state index contributed by atoms with van der Waals surface area (Å²) in [5.41, 5.74) is 3.13. The lowest BCUT2D eigenvalue weighted by Crippen LogP contribution is -2.04. The van der Waals surface area contributed by atoms with Crippen LogP contribution in [0.3, 0.4) is 0 Å². The number of nitrogens with zero attached hydrogens (tertiary/aromatic N) is 3. The standard InChI is InChI=1S/C24H23FN4O2S/c1-3-8-22-26-24(28-27-22)32-21(23(30)31)13-18-15(2)29(20-12-7-5-10-17(18)20)14-16-9-4-6-11-19(16)25/h4-7,9-13H,3,8,14H2,1-2H3,(H,30,31)(H,26,27,28)/b21-13-. The third-order valence-corrected chi connectivity index (χ3v) is 6.13. The van der Waals surface area contributed by atoms with Crippen molar-refractivity contribution in [3.8, 4) is 0 Å². The largest absolute Gasteiger partial charge is 0.477 e. The van der Waals surface area contributed by atoms with Crippen molar-refractivity contribution in [1.29, 1.82) is 0 Å². The number of para-hydroxylation sites is 1. The molecule has 8 heteroatoms. The number of rotatable bonds is 8. The van der Waals surface area contributed by atoms with E-state index >= 15 is 0 Å². The topological polar surface area (TPSA) is 83.8 Å². The maximum atomic E-state index is 14.3. The normalized spacial score (nSPS) is 11.9. The minimum Gasteiger partial charge on any atom is -0.477 e. The van der Waals surface area contributed by atoms with E-state index in [1.165, 1.54) is 6.07 Å². The molecule has 6 nitrogen and oxygen atoms in total. The quantitative estimate of drug-likeness (QED) is 0.276. The van der Waals surface area contributed by atoms with E-state index in [1.807, 2.05) is 48.7 Å². The highest BCUT2D eigenvalue weighted by Crippen LogP contribution is 2.32. The number of carboxylic acids is 1. The van der Waals surface area contributed by atoms with Gasteiger partial charge in [0.2, 0.25) is 5.16 Å². The van der Waals surface area contributed by atoms with Gasteiger partial charge in [0.05, 0.1) is 6.54 Å². The highest BCUT2D eigenvalue weighted by atomic mass is 32.2. The SMILES string of the molecule is CCCc1nc(S/C(=C\c2c(C)n(Cc3ccccc3F)c3ccccc23)C(=O)O)n[nH]1. The van der Waals surface area contributed by atoms with Gasteiger partial charge in [-0.15, -0.1) is 5.10 Å². The van der Waals surface area contributed by atoms with Crippen LogP contribution in [0.25, 0.3) is 17.0 Å². The van der Waals surface area contributed by atoms with Gasteiger partial charge < -0.3 is 9.67 Å². The van der Waals surface area contributed by atoms with Crippen molar-refractivity contribution in [1.82, 2.24) is 19.7 Å². The molecule has 0 spiro atoms. The third kappa shape index (κ3) is 4.45. The Balaban J connectivity index is 1.76. The summed E-state index contributed by atoms with van der Waals surface area (Å²) in [6.45, 7) is 4.31. The lowest BCUT2D eigenvalue weighted by atomic mass is 10.1. The van der Waals surface area contributed by atoms with Crippen molar-refractivity contribution in [2.75, 3.05) is 0 Å². The van der Waals surface area contributed by atoms with Crippen LogP contribution >= 0.6 is 11.8 Å². The zero-order chi connectivity index (χ0) is 22.7. The molecular weight excluding hydrogens is 427 g/mol. The Morgan fingerprint density at radius 2 is 1.97 bits per heavy atom. The minimum atomic E-state index is -1.05. The second-order valence-electron chi connectivity index (χ2n) is 7.42. The number of nitrogens with one attached hydrogen (secondary N) is 1. The average Bonchev–Trinajstić information content (AvgIpc) is 3.32. The molecule has 2 aromatic heterocycles. The Morgan fingerprint density at radius 3 is 2.72 bits per heavy atom. The van der Waals surface area contributed by atoms with Crippen LogP contribution in [0, 0.1) is 12.7 Å². The van der Waals surface area contributed by atoms with Crippen molar-refractivity contribution in [2.24, 2.45) is 0 Å². The van der Waals surface area contributed by atoms with Crippen LogP contribution < -0.4 is 0 Å². The van der Waals surface area contributed by atoms with Crippen LogP contribution in [0.15, 0.2) is 58.6 Å². The lowest BCUT2D eigenvalue weighted by Gasteiger charge is -2.09. The van der Waals surface area contributed by atoms with Gasteiger partial charge in [-0.2, -0.15) is 0 Å². The fraction of sp³-hybridized carbons (Fsp3) is 0.208. The third-order valence-electron chi connectivity index (χ3n) is 5.25. The Bertz CT molecular complexity index is 1310. The molecule has 0 unspecified atom stereocenters. The Kier molecular flexibility index (Phi) is 6.41. The van der Waals surface area contributed by atoms with Gasteiger partial charge in [0, 0.05) is 34.1 Å². The van der Waals surface area contributed by atoms with Gasteiger partial charge in [0.25, 0.3) is 0 Å². The van der Waals surface area contributed by atoms with Gasteiger partial charge >= 0.3 is 5.97 Å². The van der Waals surface area contributed by atoms with Gasteiger partial charge in [-0.25, -0.2) is 14.2 Å². The number of hydrogen-bond donors (Lipinski definition) is 2. The number of aromatic nitrogens is 4. The molecule has 0 aliphatic rings. The molecule has 2 heterocycles. The molecule has 0 saturated heterocycles. The first kappa shape index (κ1) is 21.8. The van der Waals surface area contributed by atoms with E-state index in [-0.39, 0.29) is 10.7 Å². The molecule has 0 saturated carbocycles. The van der Waals surface area contributed by atoms with Crippen molar-refractivity contribution < 1.29 is 14.3 Å². The van der Waals surface area contributed by atoms with Gasteiger partial charge in [-0.05, 0) is 43.3 Å². The smallest absolute Gasteiger partial charge is 0.342 e. The second kappa shape index (κ2) is 9.40. The average molecular weight is 451 g/mol. The van der Waals surface area contributed by atoms with Gasteiger partial charge in [-0.1, -0.05) is 43.3 Å². The summed E-state index contributed by atoms with van der Waals surface area (Å²) in [4.78, 5) is 16.5. The van der Waals surface area contributed by atoms with Crippen LogP contribution in [0.5, 0.6) is 0 Å². The summed E-state index contributed by atoms with van der Waals surface area (Å²) in [6.07, 6.45) is 3.32. The first-order valence-corrected chi connectivity index (χ1v) is 11.1. The summed E-state index contributed by atoms with van der Waals surface area (Å²) < 4.78 is 16.3. The van der Waals surface area contributed by atoms with Gasteiger partial charge in [-0.3, -0.25) is 5.10 Å². The predicted molar refractivity (Wildman–Crippen MR) is 124 cm³/mol. The van der Waals surface area contributed by atoms with Crippen LogP contribution in [-0.4, -0.2) is 30.8 Å². The van der Waals surface area contributed by atoms with E-state index in [1.54, 1.807) is 18.2 Å². The molecule has 0 bridgehead atoms. The van der Waals surface area contributed by atoms with E-state index < -0.39 is 5.97 Å². The second-order valence-corrected chi connectivity index (χ2v) is 8.43. The molecule has 4 rings (SSSR count). The first-order valence-electron chi connectivity index (χ1n) is 10.3. The molecular formula is C24H23FN4O2S. The molecule has 0 radical (unpaired) electrons. The maximum Gasteiger partial charge on any atom is 0.342 e. The predicted octanol–water partition coefficient (Wildman–Crippen LogP) is 5.43. The van der Waals surface area contributed by atoms with E-state index in [2.05, 4.69) is 15.2 Å². The number of fused-ring (bicyclic) bond motifs is 1. The van der Waals surface area contributed by atoms with Crippen LogP contribution in [0.2, 0.25) is 0 Å². The maximum absolute atomic E-state index is 14.3. The number of aromatic amines is 1. The number of thioether (sulfide) groups is 1. The summed E-state index contributed by atoms with van der Waals surface area (Å²) in [7, 11) is 0. The number of hydrogen-bond acceptors (Lipinski definition) is 4. The van der Waals surface area contributed by atoms with E-state index in [4.69, 9.17) is 0 Å². The molecule has 164 valence electrons. The zero-order valence-electron chi connectivity index (χ0n) is 17.8. The summed E-state index contributed by atoms with van der Waals surface area (Å²) in [6, 6.07) is 14.4. The molecule has 0 amide bonds. The highest BCUT2D eigenvalue weighted by molar-refractivity contribution is 8.04. The van der Waals surface area contributed by atoms with E-state index in [9.17, 15) is 14.3 Å². The zero-order valence-corrected chi connectivity index (χ0v) is 18.6. The number of aryl methyl sites for hydroxylation is 1. The molecule has 0 aliphatic carbocycles. The highest BCUT2D eigenvalue weighted by Gasteiger charge is 2.18. The summed E-state index contributed by atoms with van der Waals surface area (Å²) >= 11 is 1.01. The summed E-state index contributed by atoms with van der Waals surface area (Å²) in [5, 5.41) is 18.1. The molecule has 2 N–H and O–H groups in total. The number of carbonyl (C=O) groups is 1. The van der Waals surface area contributed by atoms with Gasteiger partial charge in [0.1, 0.15) is 16.5 Å².